The van der Waals surface area contributed by atoms with Crippen molar-refractivity contribution in [1.29, 1.82) is 0 Å². The fourth-order valence-corrected chi connectivity index (χ4v) is 1.97. The summed E-state index contributed by atoms with van der Waals surface area (Å²) in [5.41, 5.74) is 0. The van der Waals surface area contributed by atoms with Crippen molar-refractivity contribution in [3.63, 3.8) is 0 Å². The highest BCUT2D eigenvalue weighted by atomic mass is 16.2. The number of aromatic nitrogens is 3. The van der Waals surface area contributed by atoms with Crippen LogP contribution in [0.4, 0.5) is 0 Å². The van der Waals surface area contributed by atoms with E-state index in [0.717, 1.165) is 25.2 Å². The van der Waals surface area contributed by atoms with Crippen molar-refractivity contribution < 1.29 is 4.79 Å². The van der Waals surface area contributed by atoms with Gasteiger partial charge >= 0.3 is 0 Å². The smallest absolute Gasteiger partial charge is 0.237 e. The molecule has 6 heteroatoms. The second-order valence-electron chi connectivity index (χ2n) is 4.18. The zero-order chi connectivity index (χ0) is 11.5. The molecule has 2 rings (SSSR count). The summed E-state index contributed by atoms with van der Waals surface area (Å²) in [7, 11) is 1.87. The summed E-state index contributed by atoms with van der Waals surface area (Å²) in [6.07, 6.45) is 3.61. The number of hydrogen-bond donors (Lipinski definition) is 2. The van der Waals surface area contributed by atoms with Crippen molar-refractivity contribution in [3.8, 4) is 0 Å². The van der Waals surface area contributed by atoms with Gasteiger partial charge < -0.3 is 15.2 Å². The van der Waals surface area contributed by atoms with E-state index in [1.807, 2.05) is 18.5 Å². The van der Waals surface area contributed by atoms with E-state index in [2.05, 4.69) is 20.8 Å². The number of amides is 1. The molecule has 1 aromatic rings. The van der Waals surface area contributed by atoms with Crippen LogP contribution in [0.3, 0.4) is 0 Å². The number of hydrogen-bond acceptors (Lipinski definition) is 4. The molecule has 1 fully saturated rings. The maximum absolute atomic E-state index is 11.8. The molecule has 6 nitrogen and oxygen atoms in total. The van der Waals surface area contributed by atoms with Crippen molar-refractivity contribution in [2.24, 2.45) is 7.05 Å². The summed E-state index contributed by atoms with van der Waals surface area (Å²) in [5.74, 6) is 0.819. The zero-order valence-corrected chi connectivity index (χ0v) is 9.60. The maximum atomic E-state index is 11.8. The van der Waals surface area contributed by atoms with E-state index in [9.17, 15) is 4.79 Å². The molecule has 16 heavy (non-hydrogen) atoms. The van der Waals surface area contributed by atoms with Crippen molar-refractivity contribution >= 4 is 5.91 Å². The lowest BCUT2D eigenvalue weighted by atomic mass is 10.2. The molecule has 1 saturated heterocycles. The first-order chi connectivity index (χ1) is 7.68. The molecule has 1 aliphatic rings. The van der Waals surface area contributed by atoms with Gasteiger partial charge in [-0.05, 0) is 26.3 Å². The van der Waals surface area contributed by atoms with Gasteiger partial charge in [0, 0.05) is 7.05 Å². The van der Waals surface area contributed by atoms with Gasteiger partial charge in [0.2, 0.25) is 5.91 Å². The van der Waals surface area contributed by atoms with Gasteiger partial charge in [-0.1, -0.05) is 0 Å². The van der Waals surface area contributed by atoms with E-state index in [4.69, 9.17) is 0 Å². The van der Waals surface area contributed by atoms with Crippen molar-refractivity contribution in [2.45, 2.75) is 31.8 Å². The van der Waals surface area contributed by atoms with E-state index in [0.29, 0.717) is 0 Å². The summed E-state index contributed by atoms with van der Waals surface area (Å²) < 4.78 is 1.81. The largest absolute Gasteiger partial charge is 0.345 e. The Hall–Kier alpha value is -1.43. The first kappa shape index (κ1) is 11.1. The van der Waals surface area contributed by atoms with Crippen LogP contribution >= 0.6 is 0 Å². The van der Waals surface area contributed by atoms with E-state index >= 15 is 0 Å². The third-order valence-corrected chi connectivity index (χ3v) is 2.87. The molecule has 1 aliphatic heterocycles. The molecule has 0 aliphatic carbocycles. The maximum Gasteiger partial charge on any atom is 0.237 e. The van der Waals surface area contributed by atoms with Crippen LogP contribution in [-0.2, 0) is 11.8 Å². The minimum absolute atomic E-state index is 0.0457. The van der Waals surface area contributed by atoms with Crippen LogP contribution in [0.1, 0.15) is 31.6 Å². The quantitative estimate of drug-likeness (QED) is 0.741. The van der Waals surface area contributed by atoms with Crippen LogP contribution in [0.5, 0.6) is 0 Å². The molecule has 2 N–H and O–H groups in total. The van der Waals surface area contributed by atoms with Gasteiger partial charge in [0.15, 0.2) is 5.82 Å². The van der Waals surface area contributed by atoms with E-state index in [1.54, 1.807) is 6.33 Å². The van der Waals surface area contributed by atoms with E-state index < -0.39 is 0 Å². The molecule has 88 valence electrons. The highest BCUT2D eigenvalue weighted by Crippen LogP contribution is 2.10. The summed E-state index contributed by atoms with van der Waals surface area (Å²) >= 11 is 0. The average Bonchev–Trinajstić information content (AvgIpc) is 2.86. The second kappa shape index (κ2) is 4.61. The molecule has 0 bridgehead atoms. The number of carbonyl (C=O) groups is 1. The van der Waals surface area contributed by atoms with Gasteiger partial charge in [-0.25, -0.2) is 0 Å². The summed E-state index contributed by atoms with van der Waals surface area (Å²) in [4.78, 5) is 11.8. The third kappa shape index (κ3) is 2.21. The van der Waals surface area contributed by atoms with Crippen LogP contribution < -0.4 is 10.6 Å². The van der Waals surface area contributed by atoms with E-state index in [-0.39, 0.29) is 18.0 Å². The molecule has 1 aromatic heterocycles. The predicted octanol–water partition coefficient (Wildman–Crippen LogP) is -0.256. The van der Waals surface area contributed by atoms with Crippen LogP contribution in [-0.4, -0.2) is 33.3 Å². The fourth-order valence-electron chi connectivity index (χ4n) is 1.97. The van der Waals surface area contributed by atoms with Crippen molar-refractivity contribution in [3.05, 3.63) is 12.2 Å². The average molecular weight is 223 g/mol. The minimum Gasteiger partial charge on any atom is -0.345 e. The van der Waals surface area contributed by atoms with Crippen molar-refractivity contribution in [2.75, 3.05) is 6.54 Å². The molecule has 2 heterocycles. The van der Waals surface area contributed by atoms with Gasteiger partial charge in [-0.2, -0.15) is 0 Å². The van der Waals surface area contributed by atoms with Crippen LogP contribution in [0.15, 0.2) is 6.33 Å². The van der Waals surface area contributed by atoms with Crippen LogP contribution in [0.2, 0.25) is 0 Å². The Bertz CT molecular complexity index is 369. The lowest BCUT2D eigenvalue weighted by molar-refractivity contribution is -0.123. The number of carbonyl (C=O) groups excluding carboxylic acids is 1. The standard InChI is InChI=1S/C10H17N5O/c1-7(9-14-12-6-15(9)2)13-10(16)8-4-3-5-11-8/h6-8,11H,3-5H2,1-2H3,(H,13,16)/t7?,8-/m1/s1. The predicted molar refractivity (Wildman–Crippen MR) is 58.6 cm³/mol. The summed E-state index contributed by atoms with van der Waals surface area (Å²) in [6.45, 7) is 2.84. The lowest BCUT2D eigenvalue weighted by Gasteiger charge is -2.16. The van der Waals surface area contributed by atoms with Gasteiger partial charge in [-0.3, -0.25) is 4.79 Å². The highest BCUT2D eigenvalue weighted by Gasteiger charge is 2.24. The molecule has 1 amide bonds. The Morgan fingerprint density at radius 1 is 1.75 bits per heavy atom. The summed E-state index contributed by atoms with van der Waals surface area (Å²) in [5, 5.41) is 13.9. The zero-order valence-electron chi connectivity index (χ0n) is 9.60. The van der Waals surface area contributed by atoms with Crippen LogP contribution in [0.25, 0.3) is 0 Å². The van der Waals surface area contributed by atoms with E-state index in [1.165, 1.54) is 0 Å². The Morgan fingerprint density at radius 3 is 3.12 bits per heavy atom. The van der Waals surface area contributed by atoms with Crippen LogP contribution in [0, 0.1) is 0 Å². The molecule has 1 unspecified atom stereocenters. The number of nitrogens with zero attached hydrogens (tertiary/aromatic N) is 3. The second-order valence-corrected chi connectivity index (χ2v) is 4.18. The monoisotopic (exact) mass is 223 g/mol. The normalized spacial score (nSPS) is 22.0. The Kier molecular flexibility index (Phi) is 3.19. The molecular weight excluding hydrogens is 206 g/mol. The van der Waals surface area contributed by atoms with Gasteiger partial charge in [0.25, 0.3) is 0 Å². The first-order valence-corrected chi connectivity index (χ1v) is 5.56. The SMILES string of the molecule is CC(NC(=O)[C@H]1CCCN1)c1nncn1C. The molecule has 0 saturated carbocycles. The Morgan fingerprint density at radius 2 is 2.56 bits per heavy atom. The number of aryl methyl sites for hydroxylation is 1. The van der Waals surface area contributed by atoms with Gasteiger partial charge in [0.1, 0.15) is 6.33 Å². The Labute approximate surface area is 94.4 Å². The molecule has 0 spiro atoms. The molecule has 2 atom stereocenters. The topological polar surface area (TPSA) is 71.8 Å². The first-order valence-electron chi connectivity index (χ1n) is 5.56. The van der Waals surface area contributed by atoms with Gasteiger partial charge in [-0.15, -0.1) is 10.2 Å². The van der Waals surface area contributed by atoms with Crippen molar-refractivity contribution in [1.82, 2.24) is 25.4 Å². The Balaban J connectivity index is 1.94. The summed E-state index contributed by atoms with van der Waals surface area (Å²) in [6, 6.07) is -0.155. The fraction of sp³-hybridized carbons (Fsp3) is 0.700. The minimum atomic E-state index is -0.109. The molecule has 0 aromatic carbocycles. The number of nitrogens with one attached hydrogen (secondary N) is 2. The third-order valence-electron chi connectivity index (χ3n) is 2.87. The highest BCUT2D eigenvalue weighted by molar-refractivity contribution is 5.82. The molecule has 0 radical (unpaired) electrons. The van der Waals surface area contributed by atoms with Gasteiger partial charge in [0.05, 0.1) is 12.1 Å². The lowest BCUT2D eigenvalue weighted by Crippen LogP contribution is -2.41. The molecular formula is C10H17N5O. The number of rotatable bonds is 3.